The van der Waals surface area contributed by atoms with Crippen molar-refractivity contribution in [2.45, 2.75) is 77.6 Å². The van der Waals surface area contributed by atoms with Crippen LogP contribution in [0.4, 0.5) is 17.6 Å². The summed E-state index contributed by atoms with van der Waals surface area (Å²) in [5.74, 6) is -1.49. The Bertz CT molecular complexity index is 1330. The van der Waals surface area contributed by atoms with Gasteiger partial charge in [-0.2, -0.15) is 4.39 Å². The van der Waals surface area contributed by atoms with Crippen LogP contribution in [-0.4, -0.2) is 0 Å². The first kappa shape index (κ1) is 28.4. The monoisotopic (exact) mass is 550 g/mol. The van der Waals surface area contributed by atoms with Gasteiger partial charge in [0.25, 0.3) is 0 Å². The molecule has 212 valence electrons. The number of hydrogen-bond acceptors (Lipinski definition) is 1. The third-order valence-electron chi connectivity index (χ3n) is 9.34. The minimum atomic E-state index is -1.08. The largest absolute Gasteiger partial charge is 0.462 e. The Balaban J connectivity index is 1.27. The van der Waals surface area contributed by atoms with Gasteiger partial charge in [-0.1, -0.05) is 68.7 Å². The Labute approximate surface area is 235 Å². The molecule has 0 unspecified atom stereocenters. The van der Waals surface area contributed by atoms with Crippen LogP contribution in [0.5, 0.6) is 5.75 Å². The lowest BCUT2D eigenvalue weighted by Gasteiger charge is -2.38. The molecule has 2 fully saturated rings. The maximum atomic E-state index is 15.4. The molecule has 40 heavy (non-hydrogen) atoms. The topological polar surface area (TPSA) is 9.23 Å². The van der Waals surface area contributed by atoms with Crippen LogP contribution in [-0.2, 0) is 0 Å². The Hall–Kier alpha value is -3.08. The van der Waals surface area contributed by atoms with Gasteiger partial charge >= 0.3 is 0 Å². The van der Waals surface area contributed by atoms with Crippen LogP contribution >= 0.6 is 0 Å². The summed E-state index contributed by atoms with van der Waals surface area (Å²) in [6, 6.07) is 12.6. The van der Waals surface area contributed by atoms with Gasteiger partial charge in [0, 0.05) is 11.1 Å². The molecule has 0 amide bonds. The third kappa shape index (κ3) is 5.84. The van der Waals surface area contributed by atoms with Gasteiger partial charge in [0.2, 0.25) is 5.82 Å². The van der Waals surface area contributed by atoms with E-state index in [0.717, 1.165) is 43.4 Å². The van der Waals surface area contributed by atoms with Crippen molar-refractivity contribution in [1.82, 2.24) is 0 Å². The van der Waals surface area contributed by atoms with Crippen LogP contribution in [0.1, 0.15) is 83.1 Å². The van der Waals surface area contributed by atoms with Gasteiger partial charge in [-0.15, -0.1) is 0 Å². The van der Waals surface area contributed by atoms with Gasteiger partial charge in [-0.05, 0) is 97.9 Å². The summed E-state index contributed by atoms with van der Waals surface area (Å²) < 4.78 is 64.9. The standard InChI is InChI=1S/C35H38F4O/c1-3-21-40-31-20-19-30(34(38)35(31)39)27-15-13-26(14-16-27)29-18-17-28(32(36)33(29)37)25-11-9-24(10-12-25)23-7-5-22(4-2)6-8-23/h3,13-25H,4-12H2,1-2H3. The lowest BCUT2D eigenvalue weighted by atomic mass is 9.68. The minimum absolute atomic E-state index is 0.0480. The zero-order valence-electron chi connectivity index (χ0n) is 23.4. The first-order valence-corrected chi connectivity index (χ1v) is 14.8. The first-order chi connectivity index (χ1) is 19.4. The highest BCUT2D eigenvalue weighted by Crippen LogP contribution is 2.45. The van der Waals surface area contributed by atoms with E-state index in [1.165, 1.54) is 50.5 Å². The van der Waals surface area contributed by atoms with Crippen molar-refractivity contribution < 1.29 is 22.3 Å². The van der Waals surface area contributed by atoms with Crippen molar-refractivity contribution in [2.75, 3.05) is 0 Å². The van der Waals surface area contributed by atoms with Crippen molar-refractivity contribution in [1.29, 1.82) is 0 Å². The second-order valence-corrected chi connectivity index (χ2v) is 11.5. The predicted molar refractivity (Wildman–Crippen MR) is 153 cm³/mol. The molecule has 0 aromatic heterocycles. The number of benzene rings is 3. The van der Waals surface area contributed by atoms with Gasteiger partial charge in [-0.25, -0.2) is 13.2 Å². The second kappa shape index (κ2) is 12.6. The second-order valence-electron chi connectivity index (χ2n) is 11.5. The van der Waals surface area contributed by atoms with Crippen molar-refractivity contribution in [3.05, 3.63) is 89.7 Å². The van der Waals surface area contributed by atoms with E-state index in [9.17, 15) is 8.78 Å². The molecule has 2 aliphatic rings. The zero-order chi connectivity index (χ0) is 28.2. The molecular formula is C35H38F4O. The number of rotatable bonds is 7. The molecule has 1 nitrogen and oxygen atoms in total. The highest BCUT2D eigenvalue weighted by molar-refractivity contribution is 5.72. The average molecular weight is 551 g/mol. The highest BCUT2D eigenvalue weighted by atomic mass is 19.2. The Morgan fingerprint density at radius 1 is 0.650 bits per heavy atom. The van der Waals surface area contributed by atoms with Crippen LogP contribution in [0.3, 0.4) is 0 Å². The molecule has 2 aliphatic carbocycles. The van der Waals surface area contributed by atoms with E-state index < -0.39 is 23.3 Å². The van der Waals surface area contributed by atoms with Crippen LogP contribution in [0.2, 0.25) is 0 Å². The molecule has 0 spiro atoms. The summed E-state index contributed by atoms with van der Waals surface area (Å²) >= 11 is 0. The highest BCUT2D eigenvalue weighted by Gasteiger charge is 2.32. The molecule has 2 saturated carbocycles. The van der Waals surface area contributed by atoms with Crippen molar-refractivity contribution >= 4 is 0 Å². The molecule has 0 atom stereocenters. The number of halogens is 4. The molecule has 0 aliphatic heterocycles. The molecule has 0 heterocycles. The van der Waals surface area contributed by atoms with E-state index >= 15 is 8.78 Å². The van der Waals surface area contributed by atoms with Gasteiger partial charge in [0.15, 0.2) is 23.2 Å². The number of allylic oxidation sites excluding steroid dienone is 1. The van der Waals surface area contributed by atoms with E-state index in [1.807, 2.05) is 0 Å². The van der Waals surface area contributed by atoms with Crippen LogP contribution < -0.4 is 4.74 Å². The van der Waals surface area contributed by atoms with Gasteiger partial charge < -0.3 is 4.74 Å². The average Bonchev–Trinajstić information content (AvgIpc) is 3.00. The maximum absolute atomic E-state index is 15.4. The first-order valence-electron chi connectivity index (χ1n) is 14.8. The summed E-state index contributed by atoms with van der Waals surface area (Å²) in [6.07, 6.45) is 13.4. The van der Waals surface area contributed by atoms with E-state index in [-0.39, 0.29) is 22.8 Å². The van der Waals surface area contributed by atoms with Crippen LogP contribution in [0.25, 0.3) is 22.3 Å². The van der Waals surface area contributed by atoms with Crippen molar-refractivity contribution in [3.8, 4) is 28.0 Å². The van der Waals surface area contributed by atoms with Crippen molar-refractivity contribution in [2.24, 2.45) is 17.8 Å². The molecule has 0 saturated heterocycles. The minimum Gasteiger partial charge on any atom is -0.462 e. The molecular weight excluding hydrogens is 512 g/mol. The zero-order valence-corrected chi connectivity index (χ0v) is 23.4. The lowest BCUT2D eigenvalue weighted by Crippen LogP contribution is -2.25. The van der Waals surface area contributed by atoms with Crippen LogP contribution in [0, 0.1) is 41.0 Å². The van der Waals surface area contributed by atoms with Gasteiger partial charge in [-0.3, -0.25) is 0 Å². The Kier molecular flexibility index (Phi) is 8.97. The van der Waals surface area contributed by atoms with E-state index in [2.05, 4.69) is 6.92 Å². The molecule has 0 N–H and O–H groups in total. The van der Waals surface area contributed by atoms with Gasteiger partial charge in [0.05, 0.1) is 6.26 Å². The summed E-state index contributed by atoms with van der Waals surface area (Å²) in [5.41, 5.74) is 1.61. The molecule has 3 aromatic rings. The summed E-state index contributed by atoms with van der Waals surface area (Å²) in [4.78, 5) is 0. The summed E-state index contributed by atoms with van der Waals surface area (Å²) in [7, 11) is 0. The Morgan fingerprint density at radius 3 is 1.73 bits per heavy atom. The fraction of sp³-hybridized carbons (Fsp3) is 0.429. The molecule has 0 bridgehead atoms. The normalized spacial score (nSPS) is 23.4. The summed E-state index contributed by atoms with van der Waals surface area (Å²) in [6.45, 7) is 3.99. The van der Waals surface area contributed by atoms with E-state index in [1.54, 1.807) is 49.4 Å². The maximum Gasteiger partial charge on any atom is 0.201 e. The fourth-order valence-electron chi connectivity index (χ4n) is 6.89. The van der Waals surface area contributed by atoms with Gasteiger partial charge in [0.1, 0.15) is 0 Å². The number of ether oxygens (including phenoxy) is 1. The molecule has 5 heteroatoms. The Morgan fingerprint density at radius 2 is 1.18 bits per heavy atom. The SMILES string of the molecule is CC=COc1ccc(-c2ccc(-c3ccc(C4CCC(C5CCC(CC)CC5)CC4)c(F)c3F)cc2)c(F)c1F. The van der Waals surface area contributed by atoms with Crippen molar-refractivity contribution in [3.63, 3.8) is 0 Å². The summed E-state index contributed by atoms with van der Waals surface area (Å²) in [5, 5.41) is 0. The third-order valence-corrected chi connectivity index (χ3v) is 9.34. The predicted octanol–water partition coefficient (Wildman–Crippen LogP) is 11.0. The molecule has 5 rings (SSSR count). The molecule has 3 aromatic carbocycles. The quantitative estimate of drug-likeness (QED) is 0.210. The fourth-order valence-corrected chi connectivity index (χ4v) is 6.89. The number of hydrogen-bond donors (Lipinski definition) is 0. The van der Waals surface area contributed by atoms with Crippen LogP contribution in [0.15, 0.2) is 60.9 Å². The lowest BCUT2D eigenvalue weighted by molar-refractivity contribution is 0.158. The van der Waals surface area contributed by atoms with E-state index in [0.29, 0.717) is 16.7 Å². The van der Waals surface area contributed by atoms with E-state index in [4.69, 9.17) is 4.74 Å². The molecule has 0 radical (unpaired) electrons. The smallest absolute Gasteiger partial charge is 0.201 e.